The molecule has 1 aliphatic heterocycles. The molecular weight excluding hydrogens is 348 g/mol. The summed E-state index contributed by atoms with van der Waals surface area (Å²) >= 11 is 0. The van der Waals surface area contributed by atoms with Crippen molar-refractivity contribution in [3.8, 4) is 0 Å². The molecule has 142 valence electrons. The number of carbonyl (C=O) groups is 4. The Morgan fingerprint density at radius 3 is 2.81 bits per heavy atom. The highest BCUT2D eigenvalue weighted by Crippen LogP contribution is 2.18. The Morgan fingerprint density at radius 1 is 1.37 bits per heavy atom. The zero-order valence-electron chi connectivity index (χ0n) is 15.0. The molecule has 2 aromatic rings. The Labute approximate surface area is 156 Å². The van der Waals surface area contributed by atoms with Gasteiger partial charge in [-0.25, -0.2) is 0 Å². The summed E-state index contributed by atoms with van der Waals surface area (Å²) in [6.45, 7) is 0.339. The minimum atomic E-state index is -0.749. The van der Waals surface area contributed by atoms with Gasteiger partial charge < -0.3 is 25.3 Å². The quantitative estimate of drug-likeness (QED) is 0.601. The van der Waals surface area contributed by atoms with Crippen molar-refractivity contribution in [1.82, 2.24) is 20.5 Å². The highest BCUT2D eigenvalue weighted by atomic mass is 16.2. The van der Waals surface area contributed by atoms with E-state index >= 15 is 0 Å². The maximum Gasteiger partial charge on any atom is 0.268 e. The summed E-state index contributed by atoms with van der Waals surface area (Å²) in [5, 5.41) is 8.75. The highest BCUT2D eigenvalue weighted by molar-refractivity contribution is 6.00. The lowest BCUT2D eigenvalue weighted by Crippen LogP contribution is -2.44. The third kappa shape index (κ3) is 4.16. The Kier molecular flexibility index (Phi) is 5.54. The van der Waals surface area contributed by atoms with E-state index in [0.717, 1.165) is 10.9 Å². The number of nitrogens with zero attached hydrogens (tertiary/aromatic N) is 1. The zero-order valence-corrected chi connectivity index (χ0v) is 15.0. The molecule has 3 rings (SSSR count). The largest absolute Gasteiger partial charge is 0.356 e. The van der Waals surface area contributed by atoms with Crippen LogP contribution in [0, 0.1) is 5.92 Å². The molecule has 1 fully saturated rings. The number of para-hydroxylation sites is 1. The minimum Gasteiger partial charge on any atom is -0.356 e. The van der Waals surface area contributed by atoms with Gasteiger partial charge in [-0.3, -0.25) is 14.4 Å². The molecule has 0 spiro atoms. The topological polar surface area (TPSA) is 109 Å². The van der Waals surface area contributed by atoms with Crippen LogP contribution in [-0.2, 0) is 21.4 Å². The molecule has 8 nitrogen and oxygen atoms in total. The van der Waals surface area contributed by atoms with Crippen molar-refractivity contribution in [2.75, 3.05) is 13.1 Å². The monoisotopic (exact) mass is 370 g/mol. The first-order valence-electron chi connectivity index (χ1n) is 8.84. The maximum absolute atomic E-state index is 12.4. The number of aromatic nitrogens is 1. The van der Waals surface area contributed by atoms with Crippen LogP contribution in [0.15, 0.2) is 30.3 Å². The number of hydrogen-bond donors (Lipinski definition) is 3. The number of hydrogen-bond acceptors (Lipinski definition) is 4. The molecule has 0 bridgehead atoms. The molecule has 27 heavy (non-hydrogen) atoms. The number of nitrogens with one attached hydrogen (secondary N) is 3. The van der Waals surface area contributed by atoms with E-state index in [1.54, 1.807) is 17.7 Å². The lowest BCUT2D eigenvalue weighted by Gasteiger charge is -2.15. The van der Waals surface area contributed by atoms with Crippen LogP contribution in [-0.4, -0.2) is 47.7 Å². The maximum atomic E-state index is 12.4. The molecule has 1 unspecified atom stereocenters. The molecule has 0 aliphatic carbocycles. The fraction of sp³-hybridized carbons (Fsp3) is 0.368. The standard InChI is InChI=1S/C19H22N4O4/c1-23-15-5-3-2-4-12(15)9-16(23)19(27)21-10-17(25)22-14(11-24)8-13-6-7-20-18(13)26/h2-5,9,11,13-14H,6-8,10H2,1H3,(H,20,26)(H,21,27)(H,22,25)/t13?,14-/m0/s1. The normalized spacial score (nSPS) is 17.4. The Hall–Kier alpha value is -3.16. The second-order valence-electron chi connectivity index (χ2n) is 6.65. The molecule has 1 aromatic heterocycles. The van der Waals surface area contributed by atoms with Crippen molar-refractivity contribution < 1.29 is 19.2 Å². The van der Waals surface area contributed by atoms with Crippen molar-refractivity contribution in [3.05, 3.63) is 36.0 Å². The molecule has 0 radical (unpaired) electrons. The van der Waals surface area contributed by atoms with E-state index < -0.39 is 11.9 Å². The summed E-state index contributed by atoms with van der Waals surface area (Å²) < 4.78 is 1.76. The number of benzene rings is 1. The van der Waals surface area contributed by atoms with Crippen molar-refractivity contribution in [2.24, 2.45) is 13.0 Å². The van der Waals surface area contributed by atoms with Gasteiger partial charge in [0, 0.05) is 30.4 Å². The SMILES string of the molecule is Cn1c(C(=O)NCC(=O)N[C@H](C=O)CC2CCNC2=O)cc2ccccc21. The molecule has 2 atom stereocenters. The lowest BCUT2D eigenvalue weighted by molar-refractivity contribution is -0.125. The minimum absolute atomic E-state index is 0.0971. The summed E-state index contributed by atoms with van der Waals surface area (Å²) in [7, 11) is 1.78. The van der Waals surface area contributed by atoms with Crippen LogP contribution in [0.2, 0.25) is 0 Å². The van der Waals surface area contributed by atoms with E-state index in [1.165, 1.54) is 0 Å². The van der Waals surface area contributed by atoms with E-state index in [2.05, 4.69) is 16.0 Å². The molecule has 3 N–H and O–H groups in total. The first kappa shape index (κ1) is 18.6. The predicted octanol–water partition coefficient (Wildman–Crippen LogP) is 0.118. The number of aryl methyl sites for hydroxylation is 1. The summed E-state index contributed by atoms with van der Waals surface area (Å²) in [6, 6.07) is 8.61. The van der Waals surface area contributed by atoms with Crippen LogP contribution < -0.4 is 16.0 Å². The fourth-order valence-electron chi connectivity index (χ4n) is 3.34. The summed E-state index contributed by atoms with van der Waals surface area (Å²) in [5.74, 6) is -1.22. The molecular formula is C19H22N4O4. The average Bonchev–Trinajstić information content (AvgIpc) is 3.22. The van der Waals surface area contributed by atoms with Gasteiger partial charge in [0.1, 0.15) is 12.0 Å². The summed E-state index contributed by atoms with van der Waals surface area (Å²) in [4.78, 5) is 47.2. The van der Waals surface area contributed by atoms with Gasteiger partial charge >= 0.3 is 0 Å². The number of amides is 3. The number of aldehydes is 1. The average molecular weight is 370 g/mol. The Bertz CT molecular complexity index is 889. The third-order valence-electron chi connectivity index (χ3n) is 4.81. The van der Waals surface area contributed by atoms with Gasteiger partial charge in [0.05, 0.1) is 12.6 Å². The predicted molar refractivity (Wildman–Crippen MR) is 99.0 cm³/mol. The summed E-state index contributed by atoms with van der Waals surface area (Å²) in [5.41, 5.74) is 1.36. The van der Waals surface area contributed by atoms with E-state index in [0.29, 0.717) is 24.9 Å². The van der Waals surface area contributed by atoms with Crippen molar-refractivity contribution in [2.45, 2.75) is 18.9 Å². The van der Waals surface area contributed by atoms with Gasteiger partial charge in [0.2, 0.25) is 11.8 Å². The fourth-order valence-corrected chi connectivity index (χ4v) is 3.34. The van der Waals surface area contributed by atoms with Crippen LogP contribution >= 0.6 is 0 Å². The van der Waals surface area contributed by atoms with Crippen LogP contribution in [0.1, 0.15) is 23.3 Å². The van der Waals surface area contributed by atoms with Gasteiger partial charge in [-0.05, 0) is 25.0 Å². The number of carbonyl (C=O) groups excluding carboxylic acids is 4. The van der Waals surface area contributed by atoms with E-state index in [-0.39, 0.29) is 30.7 Å². The molecule has 1 aliphatic rings. The van der Waals surface area contributed by atoms with Gasteiger partial charge in [-0.15, -0.1) is 0 Å². The van der Waals surface area contributed by atoms with E-state index in [9.17, 15) is 19.2 Å². The molecule has 1 aromatic carbocycles. The second kappa shape index (κ2) is 8.03. The third-order valence-corrected chi connectivity index (χ3v) is 4.81. The summed E-state index contributed by atoms with van der Waals surface area (Å²) in [6.07, 6.45) is 1.53. The lowest BCUT2D eigenvalue weighted by atomic mass is 9.99. The number of rotatable bonds is 7. The van der Waals surface area contributed by atoms with Crippen LogP contribution in [0.25, 0.3) is 10.9 Å². The Morgan fingerprint density at radius 2 is 2.15 bits per heavy atom. The smallest absolute Gasteiger partial charge is 0.268 e. The zero-order chi connectivity index (χ0) is 19.4. The second-order valence-corrected chi connectivity index (χ2v) is 6.65. The molecule has 8 heteroatoms. The van der Waals surface area contributed by atoms with Crippen molar-refractivity contribution >= 4 is 34.9 Å². The number of fused-ring (bicyclic) bond motifs is 1. The van der Waals surface area contributed by atoms with Gasteiger partial charge in [0.25, 0.3) is 5.91 Å². The molecule has 2 heterocycles. The van der Waals surface area contributed by atoms with E-state index in [1.807, 2.05) is 24.3 Å². The van der Waals surface area contributed by atoms with Gasteiger partial charge in [0.15, 0.2) is 0 Å². The Balaban J connectivity index is 1.54. The van der Waals surface area contributed by atoms with Crippen molar-refractivity contribution in [1.29, 1.82) is 0 Å². The van der Waals surface area contributed by atoms with Gasteiger partial charge in [-0.2, -0.15) is 0 Å². The van der Waals surface area contributed by atoms with E-state index in [4.69, 9.17) is 0 Å². The first-order chi connectivity index (χ1) is 13.0. The van der Waals surface area contributed by atoms with Crippen LogP contribution in [0.4, 0.5) is 0 Å². The molecule has 3 amide bonds. The van der Waals surface area contributed by atoms with Crippen LogP contribution in [0.3, 0.4) is 0 Å². The first-order valence-corrected chi connectivity index (χ1v) is 8.84. The molecule has 1 saturated heterocycles. The van der Waals surface area contributed by atoms with Gasteiger partial charge in [-0.1, -0.05) is 18.2 Å². The highest BCUT2D eigenvalue weighted by Gasteiger charge is 2.27. The van der Waals surface area contributed by atoms with Crippen LogP contribution in [0.5, 0.6) is 0 Å². The molecule has 0 saturated carbocycles. The van der Waals surface area contributed by atoms with Crippen molar-refractivity contribution in [3.63, 3.8) is 0 Å².